The number of ketones is 1. The van der Waals surface area contributed by atoms with Crippen molar-refractivity contribution in [3.8, 4) is 0 Å². The summed E-state index contributed by atoms with van der Waals surface area (Å²) in [5, 5.41) is 4.60. The number of thiophene rings is 1. The van der Waals surface area contributed by atoms with Gasteiger partial charge in [0, 0.05) is 18.9 Å². The van der Waals surface area contributed by atoms with Crippen LogP contribution in [0.25, 0.3) is 0 Å². The third kappa shape index (κ3) is 4.57. The Kier molecular flexibility index (Phi) is 6.64. The maximum Gasteiger partial charge on any atom is 0.261 e. The number of hydrogen-bond acceptors (Lipinski definition) is 7. The molecule has 0 saturated carbocycles. The second-order valence-corrected chi connectivity index (χ2v) is 11.5. The van der Waals surface area contributed by atoms with E-state index < -0.39 is 28.1 Å². The molecule has 33 heavy (non-hydrogen) atoms. The first-order valence-corrected chi connectivity index (χ1v) is 13.1. The average Bonchev–Trinajstić information content (AvgIpc) is 3.52. The normalized spacial score (nSPS) is 21.9. The van der Waals surface area contributed by atoms with E-state index >= 15 is 0 Å². The Morgan fingerprint density at radius 1 is 1.27 bits per heavy atom. The molecular formula is C22H26N4O5S2. The van der Waals surface area contributed by atoms with Crippen LogP contribution in [0.2, 0.25) is 0 Å². The van der Waals surface area contributed by atoms with Crippen LogP contribution in [0.3, 0.4) is 0 Å². The number of aromatic nitrogens is 1. The van der Waals surface area contributed by atoms with Crippen LogP contribution in [0.5, 0.6) is 0 Å². The lowest BCUT2D eigenvalue weighted by molar-refractivity contribution is -0.138. The standard InChI is InChI=1S/C22H26N4O5S2/c1-14(2)11-16(24-21(28)19-6-4-10-32-19)22(29)25-9-7-17-20(25)18(27)13-26(17)33(30,31)15-5-3-8-23-12-15/h3-6,8,10,12,14,16-17,20H,7,9,11,13H2,1-2H3,(H,24,28). The molecule has 0 spiro atoms. The number of amides is 2. The number of rotatable bonds is 7. The molecule has 4 rings (SSSR count). The number of sulfonamides is 1. The van der Waals surface area contributed by atoms with Crippen LogP contribution < -0.4 is 5.32 Å². The fourth-order valence-corrected chi connectivity index (χ4v) is 6.72. The van der Waals surface area contributed by atoms with Crippen molar-refractivity contribution in [2.45, 2.75) is 49.7 Å². The minimum Gasteiger partial charge on any atom is -0.340 e. The van der Waals surface area contributed by atoms with Crippen molar-refractivity contribution in [3.05, 3.63) is 46.9 Å². The topological polar surface area (TPSA) is 117 Å². The number of hydrogen-bond donors (Lipinski definition) is 1. The van der Waals surface area contributed by atoms with Crippen molar-refractivity contribution in [3.63, 3.8) is 0 Å². The van der Waals surface area contributed by atoms with Gasteiger partial charge in [-0.2, -0.15) is 4.31 Å². The predicted octanol–water partition coefficient (Wildman–Crippen LogP) is 1.53. The van der Waals surface area contributed by atoms with Gasteiger partial charge in [0.2, 0.25) is 15.9 Å². The number of Topliss-reactive ketones (excluding diaryl/α,β-unsaturated/α-hetero) is 1. The fraction of sp³-hybridized carbons (Fsp3) is 0.455. The van der Waals surface area contributed by atoms with Gasteiger partial charge in [0.1, 0.15) is 17.0 Å². The van der Waals surface area contributed by atoms with E-state index in [-0.39, 0.29) is 41.5 Å². The molecule has 2 aliphatic rings. The largest absolute Gasteiger partial charge is 0.340 e. The lowest BCUT2D eigenvalue weighted by atomic mass is 10.0. The third-order valence-corrected chi connectivity index (χ3v) is 8.68. The lowest BCUT2D eigenvalue weighted by Crippen LogP contribution is -2.52. The molecule has 2 aromatic rings. The van der Waals surface area contributed by atoms with E-state index in [0.29, 0.717) is 17.7 Å². The number of likely N-dealkylation sites (tertiary alicyclic amines) is 1. The minimum absolute atomic E-state index is 0.0177. The number of nitrogens with zero attached hydrogens (tertiary/aromatic N) is 3. The summed E-state index contributed by atoms with van der Waals surface area (Å²) in [4.78, 5) is 44.9. The molecule has 176 valence electrons. The molecule has 9 nitrogen and oxygen atoms in total. The summed E-state index contributed by atoms with van der Waals surface area (Å²) in [5.74, 6) is -0.873. The fourth-order valence-electron chi connectivity index (χ4n) is 4.51. The van der Waals surface area contributed by atoms with Crippen molar-refractivity contribution in [2.24, 2.45) is 5.92 Å². The number of nitrogens with one attached hydrogen (secondary N) is 1. The lowest BCUT2D eigenvalue weighted by Gasteiger charge is -2.29. The molecule has 2 aliphatic heterocycles. The summed E-state index contributed by atoms with van der Waals surface area (Å²) >= 11 is 1.28. The first kappa shape index (κ1) is 23.5. The van der Waals surface area contributed by atoms with Crippen molar-refractivity contribution in [1.29, 1.82) is 0 Å². The number of pyridine rings is 1. The van der Waals surface area contributed by atoms with Crippen LogP contribution in [0.4, 0.5) is 0 Å². The Labute approximate surface area is 196 Å². The molecule has 0 aromatic carbocycles. The van der Waals surface area contributed by atoms with Crippen molar-refractivity contribution in [1.82, 2.24) is 19.5 Å². The molecule has 2 saturated heterocycles. The summed E-state index contributed by atoms with van der Waals surface area (Å²) in [6.07, 6.45) is 3.50. The number of carbonyl (C=O) groups is 3. The average molecular weight is 491 g/mol. The van der Waals surface area contributed by atoms with E-state index in [0.717, 1.165) is 0 Å². The van der Waals surface area contributed by atoms with Gasteiger partial charge < -0.3 is 10.2 Å². The Bertz CT molecular complexity index is 1130. The SMILES string of the molecule is CC(C)CC(NC(=O)c1cccs1)C(=O)N1CCC2C1C(=O)CN2S(=O)(=O)c1cccnc1. The summed E-state index contributed by atoms with van der Waals surface area (Å²) in [6, 6.07) is 4.14. The van der Waals surface area contributed by atoms with E-state index in [9.17, 15) is 22.8 Å². The third-order valence-electron chi connectivity index (χ3n) is 5.96. The van der Waals surface area contributed by atoms with Crippen molar-refractivity contribution < 1.29 is 22.8 Å². The van der Waals surface area contributed by atoms with E-state index in [2.05, 4.69) is 10.3 Å². The van der Waals surface area contributed by atoms with Crippen LogP contribution >= 0.6 is 11.3 Å². The molecule has 3 atom stereocenters. The number of carbonyl (C=O) groups excluding carboxylic acids is 3. The minimum atomic E-state index is -3.92. The Morgan fingerprint density at radius 3 is 2.70 bits per heavy atom. The van der Waals surface area contributed by atoms with Crippen molar-refractivity contribution >= 4 is 39.0 Å². The highest BCUT2D eigenvalue weighted by Gasteiger charge is 2.54. The predicted molar refractivity (Wildman–Crippen MR) is 122 cm³/mol. The molecule has 11 heteroatoms. The van der Waals surface area contributed by atoms with Crippen LogP contribution in [0, 0.1) is 5.92 Å². The van der Waals surface area contributed by atoms with Crippen molar-refractivity contribution in [2.75, 3.05) is 13.1 Å². The molecule has 3 unspecified atom stereocenters. The van der Waals surface area contributed by atoms with Crippen LogP contribution in [0.15, 0.2) is 46.9 Å². The van der Waals surface area contributed by atoms with Crippen LogP contribution in [0.1, 0.15) is 36.4 Å². The van der Waals surface area contributed by atoms with Gasteiger partial charge in [0.05, 0.1) is 17.5 Å². The highest BCUT2D eigenvalue weighted by molar-refractivity contribution is 7.89. The van der Waals surface area contributed by atoms with Gasteiger partial charge in [-0.25, -0.2) is 8.42 Å². The monoisotopic (exact) mass is 490 g/mol. The molecule has 1 N–H and O–H groups in total. The van der Waals surface area contributed by atoms with Gasteiger partial charge >= 0.3 is 0 Å². The summed E-state index contributed by atoms with van der Waals surface area (Å²) < 4.78 is 27.4. The van der Waals surface area contributed by atoms with Gasteiger partial charge in [-0.1, -0.05) is 19.9 Å². The zero-order valence-corrected chi connectivity index (χ0v) is 20.0. The summed E-state index contributed by atoms with van der Waals surface area (Å²) in [5.41, 5.74) is 0. The highest BCUT2D eigenvalue weighted by atomic mass is 32.2. The summed E-state index contributed by atoms with van der Waals surface area (Å²) in [7, 11) is -3.92. The van der Waals surface area contributed by atoms with Gasteiger partial charge in [0.25, 0.3) is 5.91 Å². The van der Waals surface area contributed by atoms with Gasteiger partial charge in [-0.15, -0.1) is 11.3 Å². The maximum absolute atomic E-state index is 13.5. The molecule has 0 radical (unpaired) electrons. The van der Waals surface area contributed by atoms with Gasteiger partial charge in [0.15, 0.2) is 5.78 Å². The molecule has 2 amide bonds. The zero-order chi connectivity index (χ0) is 23.8. The first-order valence-electron chi connectivity index (χ1n) is 10.8. The molecule has 0 aliphatic carbocycles. The van der Waals surface area contributed by atoms with E-state index in [1.165, 1.54) is 45.1 Å². The second kappa shape index (κ2) is 9.32. The molecule has 2 aromatic heterocycles. The Hall–Kier alpha value is -2.63. The van der Waals surface area contributed by atoms with E-state index in [4.69, 9.17) is 0 Å². The highest BCUT2D eigenvalue weighted by Crippen LogP contribution is 2.34. The van der Waals surface area contributed by atoms with Gasteiger partial charge in [-0.3, -0.25) is 19.4 Å². The Balaban J connectivity index is 1.55. The second-order valence-electron chi connectivity index (χ2n) is 8.67. The Morgan fingerprint density at radius 2 is 2.06 bits per heavy atom. The summed E-state index contributed by atoms with van der Waals surface area (Å²) in [6.45, 7) is 3.87. The van der Waals surface area contributed by atoms with E-state index in [1.807, 2.05) is 13.8 Å². The van der Waals surface area contributed by atoms with E-state index in [1.54, 1.807) is 17.5 Å². The zero-order valence-electron chi connectivity index (χ0n) is 18.4. The van der Waals surface area contributed by atoms with Crippen LogP contribution in [-0.2, 0) is 19.6 Å². The van der Waals surface area contributed by atoms with Gasteiger partial charge in [-0.05, 0) is 42.3 Å². The quantitative estimate of drug-likeness (QED) is 0.629. The molecule has 0 bridgehead atoms. The molecule has 2 fully saturated rings. The van der Waals surface area contributed by atoms with Crippen LogP contribution in [-0.4, -0.2) is 71.4 Å². The maximum atomic E-state index is 13.5. The smallest absolute Gasteiger partial charge is 0.261 e. The molecule has 4 heterocycles. The molecular weight excluding hydrogens is 464 g/mol. The first-order chi connectivity index (χ1) is 15.7. The number of fused-ring (bicyclic) bond motifs is 1.